The van der Waals surface area contributed by atoms with Crippen LogP contribution in [0.25, 0.3) is 10.9 Å². The molecule has 1 N–H and O–H groups in total. The summed E-state index contributed by atoms with van der Waals surface area (Å²) in [6, 6.07) is 18.6. The standard InChI is InChI=1S/C31H33ClN6O3/c1-33-29(39)19-41-28-14-23-12-21(8-9-26(23)36(2)30(28)40)13-25-24(32)15-34-31(35-25)38-11-10-22-17-37(18-27(22)38)16-20-6-4-3-5-7-20/h3-9,12,14-15,22,27H,10-11,13,16-19H2,1-2H3,(H,33,39). The molecular formula is C31H33ClN6O3. The van der Waals surface area contributed by atoms with Crippen molar-refractivity contribution >= 4 is 34.4 Å². The summed E-state index contributed by atoms with van der Waals surface area (Å²) in [6.07, 6.45) is 3.35. The minimum Gasteiger partial charge on any atom is -0.478 e. The number of aryl methyl sites for hydroxylation is 1. The van der Waals surface area contributed by atoms with Crippen molar-refractivity contribution in [3.05, 3.63) is 93.0 Å². The molecule has 2 aromatic carbocycles. The average molecular weight is 573 g/mol. The molecule has 41 heavy (non-hydrogen) atoms. The number of nitrogens with zero attached hydrogens (tertiary/aromatic N) is 5. The van der Waals surface area contributed by atoms with Gasteiger partial charge in [0.25, 0.3) is 11.5 Å². The second kappa shape index (κ2) is 11.5. The van der Waals surface area contributed by atoms with Crippen LogP contribution in [-0.4, -0.2) is 64.7 Å². The van der Waals surface area contributed by atoms with Crippen LogP contribution in [0.4, 0.5) is 5.95 Å². The maximum Gasteiger partial charge on any atom is 0.293 e. The Hall–Kier alpha value is -3.95. The molecular weight excluding hydrogens is 540 g/mol. The third-order valence-electron chi connectivity index (χ3n) is 8.20. The van der Waals surface area contributed by atoms with Crippen LogP contribution in [0.15, 0.2) is 65.6 Å². The number of likely N-dealkylation sites (N-methyl/N-ethyl adjacent to an activating group) is 1. The summed E-state index contributed by atoms with van der Waals surface area (Å²) in [4.78, 5) is 38.8. The second-order valence-electron chi connectivity index (χ2n) is 10.9. The van der Waals surface area contributed by atoms with Gasteiger partial charge in [0.2, 0.25) is 5.95 Å². The molecule has 2 unspecified atom stereocenters. The zero-order chi connectivity index (χ0) is 28.5. The normalized spacial score (nSPS) is 18.6. The molecule has 4 heterocycles. The van der Waals surface area contributed by atoms with Crippen molar-refractivity contribution in [3.63, 3.8) is 0 Å². The minimum absolute atomic E-state index is 0.129. The molecule has 212 valence electrons. The number of halogens is 1. The molecule has 0 bridgehead atoms. The van der Waals surface area contributed by atoms with E-state index in [0.29, 0.717) is 23.4 Å². The molecule has 2 atom stereocenters. The number of pyridine rings is 1. The summed E-state index contributed by atoms with van der Waals surface area (Å²) >= 11 is 6.60. The van der Waals surface area contributed by atoms with E-state index >= 15 is 0 Å². The first-order valence-electron chi connectivity index (χ1n) is 13.9. The SMILES string of the molecule is CNC(=O)COc1cc2cc(Cc3nc(N4CCC5CN(Cc6ccccc6)CC54)ncc3Cl)ccc2n(C)c1=O. The highest BCUT2D eigenvalue weighted by Gasteiger charge is 2.42. The largest absolute Gasteiger partial charge is 0.478 e. The fourth-order valence-electron chi connectivity index (χ4n) is 6.05. The molecule has 1 amide bonds. The smallest absolute Gasteiger partial charge is 0.293 e. The van der Waals surface area contributed by atoms with Crippen molar-refractivity contribution in [2.75, 3.05) is 38.2 Å². The lowest BCUT2D eigenvalue weighted by atomic mass is 10.1. The van der Waals surface area contributed by atoms with E-state index < -0.39 is 0 Å². The van der Waals surface area contributed by atoms with Crippen LogP contribution in [0.5, 0.6) is 5.75 Å². The van der Waals surface area contributed by atoms with E-state index in [1.165, 1.54) is 17.2 Å². The molecule has 2 fully saturated rings. The molecule has 4 aromatic rings. The Morgan fingerprint density at radius 1 is 1.12 bits per heavy atom. The number of anilines is 1. The van der Waals surface area contributed by atoms with E-state index in [1.54, 1.807) is 19.3 Å². The number of hydrogen-bond donors (Lipinski definition) is 1. The lowest BCUT2D eigenvalue weighted by molar-refractivity contribution is -0.122. The van der Waals surface area contributed by atoms with Crippen LogP contribution < -0.4 is 20.5 Å². The molecule has 0 saturated carbocycles. The summed E-state index contributed by atoms with van der Waals surface area (Å²) < 4.78 is 7.04. The molecule has 2 saturated heterocycles. The lowest BCUT2D eigenvalue weighted by Crippen LogP contribution is -2.36. The van der Waals surface area contributed by atoms with Gasteiger partial charge in [0.1, 0.15) is 0 Å². The number of ether oxygens (including phenoxy) is 1. The van der Waals surface area contributed by atoms with Crippen LogP contribution in [0.1, 0.15) is 23.2 Å². The number of likely N-dealkylation sites (tertiary alicyclic amines) is 1. The van der Waals surface area contributed by atoms with Gasteiger partial charge in [0.15, 0.2) is 12.4 Å². The van der Waals surface area contributed by atoms with Crippen LogP contribution in [-0.2, 0) is 24.8 Å². The topological polar surface area (TPSA) is 92.6 Å². The van der Waals surface area contributed by atoms with E-state index in [4.69, 9.17) is 21.3 Å². The zero-order valence-corrected chi connectivity index (χ0v) is 24.0. The number of nitrogens with one attached hydrogen (secondary N) is 1. The van der Waals surface area contributed by atoms with E-state index in [-0.39, 0.29) is 23.8 Å². The maximum absolute atomic E-state index is 12.7. The predicted molar refractivity (Wildman–Crippen MR) is 160 cm³/mol. The van der Waals surface area contributed by atoms with E-state index in [2.05, 4.69) is 50.4 Å². The first-order valence-corrected chi connectivity index (χ1v) is 14.3. The minimum atomic E-state index is -0.305. The van der Waals surface area contributed by atoms with Crippen molar-refractivity contribution in [3.8, 4) is 5.75 Å². The number of aromatic nitrogens is 3. The van der Waals surface area contributed by atoms with E-state index in [0.717, 1.165) is 60.7 Å². The summed E-state index contributed by atoms with van der Waals surface area (Å²) in [6.45, 7) is 3.76. The summed E-state index contributed by atoms with van der Waals surface area (Å²) in [5.74, 6) is 1.16. The number of hydrogen-bond acceptors (Lipinski definition) is 7. The highest BCUT2D eigenvalue weighted by molar-refractivity contribution is 6.31. The number of benzene rings is 2. The third kappa shape index (κ3) is 5.64. The van der Waals surface area contributed by atoms with Crippen molar-refractivity contribution in [1.29, 1.82) is 0 Å². The Bertz CT molecular complexity index is 1640. The fraction of sp³-hybridized carbons (Fsp3) is 0.355. The Morgan fingerprint density at radius 2 is 1.95 bits per heavy atom. The Labute approximate surface area is 243 Å². The zero-order valence-electron chi connectivity index (χ0n) is 23.2. The van der Waals surface area contributed by atoms with Gasteiger partial charge in [-0.05, 0) is 41.7 Å². The van der Waals surface area contributed by atoms with Gasteiger partial charge in [0, 0.05) is 58.1 Å². The number of rotatable bonds is 8. The van der Waals surface area contributed by atoms with Crippen molar-refractivity contribution < 1.29 is 9.53 Å². The summed E-state index contributed by atoms with van der Waals surface area (Å²) in [5, 5.41) is 3.85. The average Bonchev–Trinajstić information content (AvgIpc) is 3.56. The summed E-state index contributed by atoms with van der Waals surface area (Å²) in [5.41, 5.74) is 3.57. The quantitative estimate of drug-likeness (QED) is 0.346. The van der Waals surface area contributed by atoms with Crippen molar-refractivity contribution in [2.45, 2.75) is 25.4 Å². The van der Waals surface area contributed by atoms with Gasteiger partial charge in [-0.15, -0.1) is 0 Å². The van der Waals surface area contributed by atoms with Crippen LogP contribution >= 0.6 is 11.6 Å². The van der Waals surface area contributed by atoms with E-state index in [9.17, 15) is 9.59 Å². The van der Waals surface area contributed by atoms with Gasteiger partial charge in [-0.1, -0.05) is 48.0 Å². The molecule has 0 aliphatic carbocycles. The van der Waals surface area contributed by atoms with Gasteiger partial charge >= 0.3 is 0 Å². The van der Waals surface area contributed by atoms with Crippen molar-refractivity contribution in [2.24, 2.45) is 13.0 Å². The molecule has 0 spiro atoms. The molecule has 2 aliphatic heterocycles. The van der Waals surface area contributed by atoms with Gasteiger partial charge in [0.05, 0.1) is 22.4 Å². The van der Waals surface area contributed by atoms with Gasteiger partial charge in [-0.3, -0.25) is 14.5 Å². The Balaban J connectivity index is 1.21. The van der Waals surface area contributed by atoms with Gasteiger partial charge in [-0.25, -0.2) is 9.97 Å². The molecule has 0 radical (unpaired) electrons. The number of amides is 1. The molecule has 9 nitrogen and oxygen atoms in total. The fourth-order valence-corrected chi connectivity index (χ4v) is 6.20. The number of carbonyl (C=O) groups excluding carboxylic acids is 1. The molecule has 10 heteroatoms. The number of fused-ring (bicyclic) bond motifs is 2. The third-order valence-corrected chi connectivity index (χ3v) is 8.51. The molecule has 2 aliphatic rings. The highest BCUT2D eigenvalue weighted by Crippen LogP contribution is 2.35. The van der Waals surface area contributed by atoms with E-state index in [1.807, 2.05) is 18.2 Å². The first-order chi connectivity index (χ1) is 19.9. The molecule has 2 aromatic heterocycles. The number of carbonyl (C=O) groups is 1. The Kier molecular flexibility index (Phi) is 7.64. The van der Waals surface area contributed by atoms with Crippen LogP contribution in [0.3, 0.4) is 0 Å². The van der Waals surface area contributed by atoms with Crippen LogP contribution in [0, 0.1) is 5.92 Å². The van der Waals surface area contributed by atoms with Gasteiger partial charge < -0.3 is 19.5 Å². The Morgan fingerprint density at radius 3 is 2.76 bits per heavy atom. The highest BCUT2D eigenvalue weighted by atomic mass is 35.5. The lowest BCUT2D eigenvalue weighted by Gasteiger charge is -2.25. The maximum atomic E-state index is 12.7. The first kappa shape index (κ1) is 27.2. The van der Waals surface area contributed by atoms with Crippen LogP contribution in [0.2, 0.25) is 5.02 Å². The second-order valence-corrected chi connectivity index (χ2v) is 11.3. The van der Waals surface area contributed by atoms with Gasteiger partial charge in [-0.2, -0.15) is 0 Å². The predicted octanol–water partition coefficient (Wildman–Crippen LogP) is 3.41. The molecule has 6 rings (SSSR count). The van der Waals surface area contributed by atoms with Crippen molar-refractivity contribution in [1.82, 2.24) is 24.8 Å². The summed E-state index contributed by atoms with van der Waals surface area (Å²) in [7, 11) is 3.22. The monoisotopic (exact) mass is 572 g/mol.